The molecular formula is C16H21NO6. The van der Waals surface area contributed by atoms with E-state index in [4.69, 9.17) is 14.6 Å². The summed E-state index contributed by atoms with van der Waals surface area (Å²) in [6, 6.07) is 5.48. The van der Waals surface area contributed by atoms with Crippen molar-refractivity contribution in [2.24, 2.45) is 0 Å². The molecule has 1 atom stereocenters. The van der Waals surface area contributed by atoms with E-state index in [-0.39, 0.29) is 12.2 Å². The maximum Gasteiger partial charge on any atom is 0.337 e. The maximum absolute atomic E-state index is 11.7. The molecule has 2 rings (SSSR count). The van der Waals surface area contributed by atoms with Crippen molar-refractivity contribution >= 4 is 11.9 Å². The van der Waals surface area contributed by atoms with Crippen LogP contribution in [0.1, 0.15) is 26.3 Å². The average molecular weight is 323 g/mol. The zero-order valence-corrected chi connectivity index (χ0v) is 13.4. The molecule has 1 unspecified atom stereocenters. The van der Waals surface area contributed by atoms with Gasteiger partial charge in [-0.1, -0.05) is 12.1 Å². The third-order valence-corrected chi connectivity index (χ3v) is 3.50. The second-order valence-corrected chi connectivity index (χ2v) is 6.43. The Labute approximate surface area is 134 Å². The molecule has 0 bridgehead atoms. The topological polar surface area (TPSA) is 105 Å². The summed E-state index contributed by atoms with van der Waals surface area (Å²) < 4.78 is 11.3. The van der Waals surface area contributed by atoms with Crippen LogP contribution in [0.25, 0.3) is 0 Å². The first-order chi connectivity index (χ1) is 10.6. The van der Waals surface area contributed by atoms with Crippen LogP contribution in [0.3, 0.4) is 0 Å². The van der Waals surface area contributed by atoms with Gasteiger partial charge in [0, 0.05) is 12.0 Å². The number of carboxylic acids is 1. The van der Waals surface area contributed by atoms with Crippen LogP contribution in [-0.2, 0) is 16.0 Å². The van der Waals surface area contributed by atoms with Gasteiger partial charge in [-0.3, -0.25) is 4.79 Å². The number of benzene rings is 1. The minimum atomic E-state index is -2.02. The molecule has 1 aliphatic rings. The van der Waals surface area contributed by atoms with Crippen LogP contribution in [0.2, 0.25) is 0 Å². The Bertz CT molecular complexity index is 623. The van der Waals surface area contributed by atoms with Crippen molar-refractivity contribution in [1.29, 1.82) is 0 Å². The number of carbonyl (C=O) groups excluding carboxylic acids is 1. The van der Waals surface area contributed by atoms with Gasteiger partial charge in [0.1, 0.15) is 5.60 Å². The molecule has 0 aromatic heterocycles. The minimum Gasteiger partial charge on any atom is -0.483 e. The van der Waals surface area contributed by atoms with E-state index in [9.17, 15) is 14.7 Å². The van der Waals surface area contributed by atoms with Gasteiger partial charge in [0.2, 0.25) is 0 Å². The van der Waals surface area contributed by atoms with E-state index in [1.807, 2.05) is 26.0 Å². The number of hydrogen-bond donors (Lipinski definition) is 3. The van der Waals surface area contributed by atoms with Crippen molar-refractivity contribution in [2.75, 3.05) is 13.2 Å². The summed E-state index contributed by atoms with van der Waals surface area (Å²) in [7, 11) is 0. The Kier molecular flexibility index (Phi) is 4.51. The largest absolute Gasteiger partial charge is 0.483 e. The monoisotopic (exact) mass is 323 g/mol. The first-order valence-corrected chi connectivity index (χ1v) is 7.27. The highest BCUT2D eigenvalue weighted by molar-refractivity contribution is 5.81. The van der Waals surface area contributed by atoms with E-state index in [1.165, 1.54) is 0 Å². The predicted octanol–water partition coefficient (Wildman–Crippen LogP) is 0.731. The zero-order valence-electron chi connectivity index (χ0n) is 13.4. The molecule has 0 saturated heterocycles. The standard InChI is InChI=1S/C16H21NO6/c1-15(2)7-10-5-4-6-11(13(10)23-15)22-8-12(18)17-9-16(3,21)14(19)20/h4-6,21H,7-9H2,1-3H3,(H,17,18)(H,19,20). The number of ether oxygens (including phenoxy) is 2. The first-order valence-electron chi connectivity index (χ1n) is 7.27. The third-order valence-electron chi connectivity index (χ3n) is 3.50. The average Bonchev–Trinajstić information content (AvgIpc) is 2.77. The van der Waals surface area contributed by atoms with Crippen molar-refractivity contribution < 1.29 is 29.3 Å². The fourth-order valence-electron chi connectivity index (χ4n) is 2.24. The van der Waals surface area contributed by atoms with Crippen molar-refractivity contribution in [1.82, 2.24) is 5.32 Å². The first kappa shape index (κ1) is 17.1. The molecular weight excluding hydrogens is 302 g/mol. The molecule has 0 radical (unpaired) electrons. The highest BCUT2D eigenvalue weighted by atomic mass is 16.5. The van der Waals surface area contributed by atoms with Crippen LogP contribution in [0.4, 0.5) is 0 Å². The smallest absolute Gasteiger partial charge is 0.337 e. The molecule has 0 aliphatic carbocycles. The number of carboxylic acid groups (broad SMARTS) is 1. The number of aliphatic carboxylic acids is 1. The third kappa shape index (κ3) is 4.13. The van der Waals surface area contributed by atoms with Crippen LogP contribution < -0.4 is 14.8 Å². The Morgan fingerprint density at radius 2 is 2.13 bits per heavy atom. The SMILES string of the molecule is CC1(C)Cc2cccc(OCC(=O)NCC(C)(O)C(=O)O)c2O1. The summed E-state index contributed by atoms with van der Waals surface area (Å²) in [5.74, 6) is -0.840. The number of amides is 1. The summed E-state index contributed by atoms with van der Waals surface area (Å²) in [6.07, 6.45) is 0.757. The lowest BCUT2D eigenvalue weighted by atomic mass is 10.0. The Morgan fingerprint density at radius 3 is 2.78 bits per heavy atom. The van der Waals surface area contributed by atoms with Crippen LogP contribution in [0, 0.1) is 0 Å². The number of fused-ring (bicyclic) bond motifs is 1. The summed E-state index contributed by atoms with van der Waals surface area (Å²) >= 11 is 0. The van der Waals surface area contributed by atoms with Crippen molar-refractivity contribution in [2.45, 2.75) is 38.4 Å². The lowest BCUT2D eigenvalue weighted by Gasteiger charge is -2.19. The van der Waals surface area contributed by atoms with E-state index in [0.717, 1.165) is 18.9 Å². The number of nitrogens with one attached hydrogen (secondary N) is 1. The van der Waals surface area contributed by atoms with E-state index in [0.29, 0.717) is 11.5 Å². The lowest BCUT2D eigenvalue weighted by molar-refractivity contribution is -0.156. The van der Waals surface area contributed by atoms with Gasteiger partial charge < -0.3 is 25.0 Å². The second-order valence-electron chi connectivity index (χ2n) is 6.43. The molecule has 7 heteroatoms. The minimum absolute atomic E-state index is 0.296. The second kappa shape index (κ2) is 6.08. The number of aliphatic hydroxyl groups is 1. The highest BCUT2D eigenvalue weighted by Gasteiger charge is 2.33. The van der Waals surface area contributed by atoms with Crippen LogP contribution in [0.5, 0.6) is 11.5 Å². The van der Waals surface area contributed by atoms with Crippen LogP contribution in [0.15, 0.2) is 18.2 Å². The van der Waals surface area contributed by atoms with Gasteiger partial charge in [-0.2, -0.15) is 0 Å². The number of carbonyl (C=O) groups is 2. The van der Waals surface area contributed by atoms with Gasteiger partial charge in [-0.05, 0) is 26.8 Å². The molecule has 1 amide bonds. The van der Waals surface area contributed by atoms with Gasteiger partial charge >= 0.3 is 5.97 Å². The van der Waals surface area contributed by atoms with E-state index in [1.54, 1.807) is 6.07 Å². The highest BCUT2D eigenvalue weighted by Crippen LogP contribution is 2.41. The Morgan fingerprint density at radius 1 is 1.43 bits per heavy atom. The fraction of sp³-hybridized carbons (Fsp3) is 0.500. The predicted molar refractivity (Wildman–Crippen MR) is 81.6 cm³/mol. The zero-order chi connectivity index (χ0) is 17.3. The molecule has 126 valence electrons. The van der Waals surface area contributed by atoms with E-state index in [2.05, 4.69) is 5.32 Å². The molecule has 23 heavy (non-hydrogen) atoms. The van der Waals surface area contributed by atoms with Crippen molar-refractivity contribution in [3.8, 4) is 11.5 Å². The number of para-hydroxylation sites is 1. The fourth-order valence-corrected chi connectivity index (χ4v) is 2.24. The molecule has 0 saturated carbocycles. The molecule has 0 fully saturated rings. The molecule has 3 N–H and O–H groups in total. The Hall–Kier alpha value is -2.28. The van der Waals surface area contributed by atoms with Crippen LogP contribution in [-0.4, -0.2) is 46.4 Å². The van der Waals surface area contributed by atoms with Crippen LogP contribution >= 0.6 is 0 Å². The van der Waals surface area contributed by atoms with Gasteiger partial charge in [-0.15, -0.1) is 0 Å². The number of hydrogen-bond acceptors (Lipinski definition) is 5. The van der Waals surface area contributed by atoms with Gasteiger partial charge in [0.15, 0.2) is 23.7 Å². The summed E-state index contributed by atoms with van der Waals surface area (Å²) in [5, 5.41) is 20.6. The molecule has 1 aromatic rings. The maximum atomic E-state index is 11.7. The summed E-state index contributed by atoms with van der Waals surface area (Å²) in [6.45, 7) is 4.35. The van der Waals surface area contributed by atoms with Crippen molar-refractivity contribution in [3.05, 3.63) is 23.8 Å². The molecule has 1 aromatic carbocycles. The number of rotatable bonds is 6. The summed E-state index contributed by atoms with van der Waals surface area (Å²) in [5.41, 5.74) is -1.32. The van der Waals surface area contributed by atoms with E-state index >= 15 is 0 Å². The normalized spacial score (nSPS) is 17.6. The van der Waals surface area contributed by atoms with Crippen molar-refractivity contribution in [3.63, 3.8) is 0 Å². The quantitative estimate of drug-likeness (QED) is 0.713. The van der Waals surface area contributed by atoms with E-state index < -0.39 is 24.0 Å². The molecule has 1 aliphatic heterocycles. The van der Waals surface area contributed by atoms with Gasteiger partial charge in [0.05, 0.1) is 6.54 Å². The van der Waals surface area contributed by atoms with Gasteiger partial charge in [-0.25, -0.2) is 4.79 Å². The molecule has 0 spiro atoms. The lowest BCUT2D eigenvalue weighted by Crippen LogP contribution is -2.47. The summed E-state index contributed by atoms with van der Waals surface area (Å²) in [4.78, 5) is 22.5. The molecule has 7 nitrogen and oxygen atoms in total. The van der Waals surface area contributed by atoms with Gasteiger partial charge in [0.25, 0.3) is 5.91 Å². The molecule has 1 heterocycles. The Balaban J connectivity index is 1.92.